The third kappa shape index (κ3) is 4.17. The molecule has 0 fully saturated rings. The van der Waals surface area contributed by atoms with Gasteiger partial charge >= 0.3 is 5.97 Å². The molecule has 0 saturated heterocycles. The Bertz CT molecular complexity index is 494. The van der Waals surface area contributed by atoms with Crippen molar-refractivity contribution in [3.05, 3.63) is 60.2 Å². The zero-order chi connectivity index (χ0) is 13.4. The number of carbonyl (C=O) groups is 1. The van der Waals surface area contributed by atoms with E-state index in [1.807, 2.05) is 0 Å². The van der Waals surface area contributed by atoms with E-state index >= 15 is 0 Å². The van der Waals surface area contributed by atoms with E-state index in [1.165, 1.54) is 7.11 Å². The van der Waals surface area contributed by atoms with Gasteiger partial charge in [0, 0.05) is 0 Å². The van der Waals surface area contributed by atoms with Crippen molar-refractivity contribution in [1.82, 2.24) is 0 Å². The highest BCUT2D eigenvalue weighted by atomic mass is 16.5. The molecular formula is C14H14O4. The van der Waals surface area contributed by atoms with Gasteiger partial charge in [-0.1, -0.05) is 30.3 Å². The predicted molar refractivity (Wildman–Crippen MR) is 68.1 cm³/mol. The van der Waals surface area contributed by atoms with Gasteiger partial charge in [0.15, 0.2) is 11.5 Å². The van der Waals surface area contributed by atoms with Gasteiger partial charge < -0.3 is 14.9 Å². The molecule has 94 valence electrons. The van der Waals surface area contributed by atoms with Gasteiger partial charge in [0.2, 0.25) is 0 Å². The Labute approximate surface area is 105 Å². The quantitative estimate of drug-likeness (QED) is 0.855. The molecule has 0 aliphatic carbocycles. The smallest absolute Gasteiger partial charge is 0.335 e. The third-order valence-corrected chi connectivity index (χ3v) is 2.11. The first-order valence-electron chi connectivity index (χ1n) is 5.25. The minimum absolute atomic E-state index is 0.181. The summed E-state index contributed by atoms with van der Waals surface area (Å²) < 4.78 is 4.79. The Balaban J connectivity index is 0.000000180. The summed E-state index contributed by atoms with van der Waals surface area (Å²) in [6, 6.07) is 15.1. The molecule has 4 heteroatoms. The highest BCUT2D eigenvalue weighted by Gasteiger charge is 1.96. The number of hydrogen-bond acceptors (Lipinski definition) is 3. The van der Waals surface area contributed by atoms with E-state index in [0.717, 1.165) is 0 Å². The van der Waals surface area contributed by atoms with E-state index in [2.05, 4.69) is 0 Å². The first kappa shape index (κ1) is 13.6. The van der Waals surface area contributed by atoms with Crippen molar-refractivity contribution < 1.29 is 19.7 Å². The molecule has 0 atom stereocenters. The van der Waals surface area contributed by atoms with Crippen LogP contribution in [0.4, 0.5) is 0 Å². The maximum Gasteiger partial charge on any atom is 0.335 e. The number of phenols is 1. The molecule has 0 radical (unpaired) electrons. The summed E-state index contributed by atoms with van der Waals surface area (Å²) in [5, 5.41) is 17.4. The van der Waals surface area contributed by atoms with Gasteiger partial charge in [0.1, 0.15) is 0 Å². The summed E-state index contributed by atoms with van der Waals surface area (Å²) in [7, 11) is 1.52. The number of benzene rings is 2. The zero-order valence-electron chi connectivity index (χ0n) is 9.91. The number of carboxylic acids is 1. The number of methoxy groups -OCH3 is 1. The molecule has 18 heavy (non-hydrogen) atoms. The summed E-state index contributed by atoms with van der Waals surface area (Å²) in [4.78, 5) is 10.2. The molecule has 2 N–H and O–H groups in total. The summed E-state index contributed by atoms with van der Waals surface area (Å²) in [5.41, 5.74) is 0.331. The fourth-order valence-electron chi connectivity index (χ4n) is 1.21. The SMILES string of the molecule is COc1ccccc1O.O=C(O)c1ccccc1. The molecule has 0 saturated carbocycles. The van der Waals surface area contributed by atoms with E-state index in [4.69, 9.17) is 14.9 Å². The van der Waals surface area contributed by atoms with E-state index in [9.17, 15) is 4.79 Å². The van der Waals surface area contributed by atoms with Crippen molar-refractivity contribution in [1.29, 1.82) is 0 Å². The van der Waals surface area contributed by atoms with Crippen molar-refractivity contribution in [3.63, 3.8) is 0 Å². The lowest BCUT2D eigenvalue weighted by atomic mass is 10.2. The average Bonchev–Trinajstić information content (AvgIpc) is 2.41. The normalized spacial score (nSPS) is 8.94. The number of phenolic OH excluding ortho intramolecular Hbond substituents is 1. The summed E-state index contributed by atoms with van der Waals surface area (Å²) >= 11 is 0. The lowest BCUT2D eigenvalue weighted by Crippen LogP contribution is -1.93. The second-order valence-electron chi connectivity index (χ2n) is 3.34. The van der Waals surface area contributed by atoms with E-state index in [1.54, 1.807) is 54.6 Å². The van der Waals surface area contributed by atoms with Gasteiger partial charge in [-0.3, -0.25) is 0 Å². The molecule has 2 aromatic rings. The van der Waals surface area contributed by atoms with Crippen LogP contribution in [0.15, 0.2) is 54.6 Å². The summed E-state index contributed by atoms with van der Waals surface area (Å²) in [6.07, 6.45) is 0. The van der Waals surface area contributed by atoms with E-state index < -0.39 is 5.97 Å². The first-order valence-corrected chi connectivity index (χ1v) is 5.25. The topological polar surface area (TPSA) is 66.8 Å². The first-order chi connectivity index (χ1) is 8.65. The van der Waals surface area contributed by atoms with Crippen LogP contribution in [0.2, 0.25) is 0 Å². The van der Waals surface area contributed by atoms with Crippen LogP contribution in [0.3, 0.4) is 0 Å². The molecule has 0 aliphatic heterocycles. The lowest BCUT2D eigenvalue weighted by molar-refractivity contribution is 0.0697. The van der Waals surface area contributed by atoms with Crippen LogP contribution >= 0.6 is 0 Å². The number of aromatic carboxylic acids is 1. The molecule has 0 aliphatic rings. The molecule has 0 amide bonds. The van der Waals surface area contributed by atoms with Crippen LogP contribution in [0, 0.1) is 0 Å². The number of rotatable bonds is 2. The fourth-order valence-corrected chi connectivity index (χ4v) is 1.21. The molecule has 4 nitrogen and oxygen atoms in total. The van der Waals surface area contributed by atoms with Crippen LogP contribution in [0.1, 0.15) is 10.4 Å². The maximum absolute atomic E-state index is 10.2. The van der Waals surface area contributed by atoms with Gasteiger partial charge in [-0.25, -0.2) is 4.79 Å². The van der Waals surface area contributed by atoms with Crippen molar-refractivity contribution in [2.24, 2.45) is 0 Å². The number of para-hydroxylation sites is 2. The number of carboxylic acid groups (broad SMARTS) is 1. The molecule has 0 bridgehead atoms. The van der Waals surface area contributed by atoms with Gasteiger partial charge in [-0.2, -0.15) is 0 Å². The molecule has 0 unspecified atom stereocenters. The van der Waals surface area contributed by atoms with Crippen LogP contribution < -0.4 is 4.74 Å². The highest BCUT2D eigenvalue weighted by Crippen LogP contribution is 2.22. The molecule has 2 aromatic carbocycles. The average molecular weight is 246 g/mol. The van der Waals surface area contributed by atoms with Crippen LogP contribution in [0.5, 0.6) is 11.5 Å². The molecule has 0 aromatic heterocycles. The second kappa shape index (κ2) is 6.96. The monoisotopic (exact) mass is 246 g/mol. The number of ether oxygens (including phenoxy) is 1. The number of aromatic hydroxyl groups is 1. The van der Waals surface area contributed by atoms with E-state index in [-0.39, 0.29) is 5.75 Å². The lowest BCUT2D eigenvalue weighted by Gasteiger charge is -1.99. The Hall–Kier alpha value is -2.49. The summed E-state index contributed by atoms with van der Waals surface area (Å²) in [5.74, 6) is -0.187. The van der Waals surface area contributed by atoms with Crippen LogP contribution in [-0.4, -0.2) is 23.3 Å². The Morgan fingerprint density at radius 2 is 1.56 bits per heavy atom. The van der Waals surface area contributed by atoms with Gasteiger partial charge in [0.25, 0.3) is 0 Å². The van der Waals surface area contributed by atoms with Crippen molar-refractivity contribution in [2.45, 2.75) is 0 Å². The van der Waals surface area contributed by atoms with Crippen molar-refractivity contribution in [3.8, 4) is 11.5 Å². The second-order valence-corrected chi connectivity index (χ2v) is 3.34. The predicted octanol–water partition coefficient (Wildman–Crippen LogP) is 2.79. The van der Waals surface area contributed by atoms with E-state index in [0.29, 0.717) is 11.3 Å². The van der Waals surface area contributed by atoms with Crippen LogP contribution in [0.25, 0.3) is 0 Å². The Morgan fingerprint density at radius 3 is 1.94 bits per heavy atom. The Kier molecular flexibility index (Phi) is 5.25. The summed E-state index contributed by atoms with van der Waals surface area (Å²) in [6.45, 7) is 0. The van der Waals surface area contributed by atoms with Gasteiger partial charge in [-0.15, -0.1) is 0 Å². The minimum Gasteiger partial charge on any atom is -0.504 e. The highest BCUT2D eigenvalue weighted by molar-refractivity contribution is 5.87. The van der Waals surface area contributed by atoms with Gasteiger partial charge in [0.05, 0.1) is 12.7 Å². The van der Waals surface area contributed by atoms with Crippen molar-refractivity contribution in [2.75, 3.05) is 7.11 Å². The molecule has 0 spiro atoms. The maximum atomic E-state index is 10.2. The van der Waals surface area contributed by atoms with Crippen molar-refractivity contribution >= 4 is 5.97 Å². The fraction of sp³-hybridized carbons (Fsp3) is 0.0714. The standard InChI is InChI=1S/C7H8O2.C7H6O2/c1-9-7-5-3-2-4-6(7)8;8-7(9)6-4-2-1-3-5-6/h2-5,8H,1H3;1-5H,(H,8,9). The minimum atomic E-state index is -0.879. The zero-order valence-corrected chi connectivity index (χ0v) is 9.91. The third-order valence-electron chi connectivity index (χ3n) is 2.11. The van der Waals surface area contributed by atoms with Gasteiger partial charge in [-0.05, 0) is 24.3 Å². The largest absolute Gasteiger partial charge is 0.504 e. The molecule has 2 rings (SSSR count). The molecular weight excluding hydrogens is 232 g/mol. The van der Waals surface area contributed by atoms with Crippen LogP contribution in [-0.2, 0) is 0 Å². The Morgan fingerprint density at radius 1 is 1.00 bits per heavy atom. The number of hydrogen-bond donors (Lipinski definition) is 2. The molecule has 0 heterocycles.